The van der Waals surface area contributed by atoms with Gasteiger partial charge in [0.05, 0.1) is 0 Å². The zero-order valence-electron chi connectivity index (χ0n) is 7.52. The lowest BCUT2D eigenvalue weighted by atomic mass is 10.00. The highest BCUT2D eigenvalue weighted by molar-refractivity contribution is 9.09. The van der Waals surface area contributed by atoms with E-state index in [4.69, 9.17) is 0 Å². The highest BCUT2D eigenvalue weighted by atomic mass is 79.9. The first kappa shape index (κ1) is 8.31. The minimum Gasteiger partial charge on any atom is -0.0839 e. The van der Waals surface area contributed by atoms with Crippen molar-refractivity contribution in [3.8, 4) is 0 Å². The summed E-state index contributed by atoms with van der Waals surface area (Å²) in [5, 5.41) is 0. The molecule has 0 radical (unpaired) electrons. The van der Waals surface area contributed by atoms with E-state index in [1.54, 1.807) is 5.56 Å². The average molecular weight is 225 g/mol. The maximum Gasteiger partial charge on any atom is 0.0401 e. The molecule has 1 aromatic carbocycles. The van der Waals surface area contributed by atoms with Crippen LogP contribution >= 0.6 is 15.9 Å². The summed E-state index contributed by atoms with van der Waals surface area (Å²) in [4.78, 5) is 0.604. The predicted octanol–water partition coefficient (Wildman–Crippen LogP) is 3.69. The maximum absolute atomic E-state index is 3.70. The van der Waals surface area contributed by atoms with Gasteiger partial charge in [-0.15, -0.1) is 0 Å². The third kappa shape index (κ3) is 1.11. The molecule has 0 aliphatic heterocycles. The van der Waals surface area contributed by atoms with E-state index in [0.29, 0.717) is 4.83 Å². The normalized spacial score (nSPS) is 21.1. The lowest BCUT2D eigenvalue weighted by Gasteiger charge is -2.07. The molecule has 0 spiro atoms. The number of hydrogen-bond donors (Lipinski definition) is 0. The number of rotatable bonds is 0. The van der Waals surface area contributed by atoms with Crippen LogP contribution in [0.15, 0.2) is 12.1 Å². The summed E-state index contributed by atoms with van der Waals surface area (Å²) in [7, 11) is 0. The first-order valence-corrected chi connectivity index (χ1v) is 5.35. The Hall–Kier alpha value is -0.300. The molecule has 1 heteroatoms. The average Bonchev–Trinajstić information content (AvgIpc) is 2.41. The summed E-state index contributed by atoms with van der Waals surface area (Å²) >= 11 is 3.70. The van der Waals surface area contributed by atoms with Crippen molar-refractivity contribution in [3.05, 3.63) is 34.4 Å². The number of benzene rings is 1. The van der Waals surface area contributed by atoms with Gasteiger partial charge in [0.25, 0.3) is 0 Å². The first-order chi connectivity index (χ1) is 5.70. The Labute approximate surface area is 82.1 Å². The van der Waals surface area contributed by atoms with Gasteiger partial charge in [-0.05, 0) is 48.9 Å². The predicted molar refractivity (Wildman–Crippen MR) is 55.9 cm³/mol. The van der Waals surface area contributed by atoms with Gasteiger partial charge in [-0.3, -0.25) is 0 Å². The number of fused-ring (bicyclic) bond motifs is 1. The molecular weight excluding hydrogens is 212 g/mol. The molecule has 2 rings (SSSR count). The van der Waals surface area contributed by atoms with Crippen molar-refractivity contribution >= 4 is 15.9 Å². The van der Waals surface area contributed by atoms with Crippen LogP contribution < -0.4 is 0 Å². The maximum atomic E-state index is 3.70. The molecular formula is C11H13Br. The van der Waals surface area contributed by atoms with Crippen LogP contribution in [0, 0.1) is 13.8 Å². The van der Waals surface area contributed by atoms with Crippen molar-refractivity contribution in [2.24, 2.45) is 0 Å². The smallest absolute Gasteiger partial charge is 0.0401 e. The van der Waals surface area contributed by atoms with Crippen molar-refractivity contribution in [3.63, 3.8) is 0 Å². The Morgan fingerprint density at radius 3 is 2.83 bits per heavy atom. The molecule has 1 aliphatic rings. The van der Waals surface area contributed by atoms with Crippen LogP contribution in [0.3, 0.4) is 0 Å². The van der Waals surface area contributed by atoms with Gasteiger partial charge < -0.3 is 0 Å². The zero-order valence-corrected chi connectivity index (χ0v) is 9.11. The lowest BCUT2D eigenvalue weighted by molar-refractivity contribution is 0.901. The molecule has 0 aromatic heterocycles. The largest absolute Gasteiger partial charge is 0.0839 e. The van der Waals surface area contributed by atoms with Crippen molar-refractivity contribution in [1.29, 1.82) is 0 Å². The quantitative estimate of drug-likeness (QED) is 0.591. The Morgan fingerprint density at radius 1 is 1.33 bits per heavy atom. The summed E-state index contributed by atoms with van der Waals surface area (Å²) in [5.41, 5.74) is 6.01. The minimum absolute atomic E-state index is 0.604. The van der Waals surface area contributed by atoms with Crippen molar-refractivity contribution in [1.82, 2.24) is 0 Å². The molecule has 0 amide bonds. The molecule has 0 heterocycles. The topological polar surface area (TPSA) is 0 Å². The van der Waals surface area contributed by atoms with E-state index >= 15 is 0 Å². The number of aryl methyl sites for hydroxylation is 1. The molecule has 1 aromatic rings. The fraction of sp³-hybridized carbons (Fsp3) is 0.455. The molecule has 64 valence electrons. The van der Waals surface area contributed by atoms with Gasteiger partial charge in [0.1, 0.15) is 0 Å². The summed E-state index contributed by atoms with van der Waals surface area (Å²) in [6, 6.07) is 4.50. The SMILES string of the molecule is Cc1ccc2c(c1C)CCC2Br. The number of alkyl halides is 1. The van der Waals surface area contributed by atoms with E-state index in [9.17, 15) is 0 Å². The fourth-order valence-corrected chi connectivity index (χ4v) is 2.60. The summed E-state index contributed by atoms with van der Waals surface area (Å²) in [6.45, 7) is 4.43. The molecule has 0 fully saturated rings. The van der Waals surface area contributed by atoms with E-state index in [-0.39, 0.29) is 0 Å². The molecule has 1 aliphatic carbocycles. The number of halogens is 1. The Bertz CT molecular complexity index is 315. The zero-order chi connectivity index (χ0) is 8.72. The molecule has 0 saturated heterocycles. The van der Waals surface area contributed by atoms with E-state index in [1.165, 1.54) is 29.5 Å². The third-order valence-electron chi connectivity index (χ3n) is 2.89. The van der Waals surface area contributed by atoms with Crippen LogP contribution in [0.5, 0.6) is 0 Å². The van der Waals surface area contributed by atoms with Gasteiger partial charge in [-0.25, -0.2) is 0 Å². The van der Waals surface area contributed by atoms with Crippen LogP contribution in [-0.2, 0) is 6.42 Å². The van der Waals surface area contributed by atoms with E-state index in [0.717, 1.165) is 0 Å². The third-order valence-corrected chi connectivity index (χ3v) is 3.84. The van der Waals surface area contributed by atoms with Gasteiger partial charge in [0.15, 0.2) is 0 Å². The van der Waals surface area contributed by atoms with Crippen LogP contribution in [0.4, 0.5) is 0 Å². The molecule has 0 N–H and O–H groups in total. The highest BCUT2D eigenvalue weighted by Gasteiger charge is 2.21. The standard InChI is InChI=1S/C11H13Br/c1-7-3-4-10-9(8(7)2)5-6-11(10)12/h3-4,11H,5-6H2,1-2H3. The molecule has 1 unspecified atom stereocenters. The van der Waals surface area contributed by atoms with Crippen molar-refractivity contribution in [2.75, 3.05) is 0 Å². The summed E-state index contributed by atoms with van der Waals surface area (Å²) < 4.78 is 0. The fourth-order valence-electron chi connectivity index (χ4n) is 1.95. The van der Waals surface area contributed by atoms with E-state index < -0.39 is 0 Å². The monoisotopic (exact) mass is 224 g/mol. The van der Waals surface area contributed by atoms with Gasteiger partial charge in [0.2, 0.25) is 0 Å². The molecule has 0 bridgehead atoms. The second-order valence-electron chi connectivity index (χ2n) is 3.58. The summed E-state index contributed by atoms with van der Waals surface area (Å²) in [5.74, 6) is 0. The molecule has 0 saturated carbocycles. The first-order valence-electron chi connectivity index (χ1n) is 4.43. The Balaban J connectivity index is 2.60. The van der Waals surface area contributed by atoms with Gasteiger partial charge in [-0.1, -0.05) is 28.1 Å². The molecule has 0 nitrogen and oxygen atoms in total. The van der Waals surface area contributed by atoms with Gasteiger partial charge in [0, 0.05) is 4.83 Å². The second-order valence-corrected chi connectivity index (χ2v) is 4.69. The van der Waals surface area contributed by atoms with E-state index in [1.807, 2.05) is 0 Å². The Morgan fingerprint density at radius 2 is 2.08 bits per heavy atom. The van der Waals surface area contributed by atoms with Gasteiger partial charge in [-0.2, -0.15) is 0 Å². The second kappa shape index (κ2) is 2.88. The van der Waals surface area contributed by atoms with Crippen LogP contribution in [0.1, 0.15) is 33.5 Å². The Kier molecular flexibility index (Phi) is 1.99. The van der Waals surface area contributed by atoms with Crippen LogP contribution in [0.25, 0.3) is 0 Å². The van der Waals surface area contributed by atoms with Crippen LogP contribution in [-0.4, -0.2) is 0 Å². The molecule has 12 heavy (non-hydrogen) atoms. The van der Waals surface area contributed by atoms with E-state index in [2.05, 4.69) is 41.9 Å². The highest BCUT2D eigenvalue weighted by Crippen LogP contribution is 2.39. The van der Waals surface area contributed by atoms with Gasteiger partial charge >= 0.3 is 0 Å². The minimum atomic E-state index is 0.604. The number of hydrogen-bond acceptors (Lipinski definition) is 0. The molecule has 1 atom stereocenters. The van der Waals surface area contributed by atoms with Crippen molar-refractivity contribution in [2.45, 2.75) is 31.5 Å². The lowest BCUT2D eigenvalue weighted by Crippen LogP contribution is -1.90. The van der Waals surface area contributed by atoms with Crippen molar-refractivity contribution < 1.29 is 0 Å². The van der Waals surface area contributed by atoms with Crippen LogP contribution in [0.2, 0.25) is 0 Å². The summed E-state index contributed by atoms with van der Waals surface area (Å²) in [6.07, 6.45) is 2.51.